The van der Waals surface area contributed by atoms with Gasteiger partial charge in [-0.3, -0.25) is 9.59 Å². The number of rotatable bonds is 7. The van der Waals surface area contributed by atoms with E-state index >= 15 is 0 Å². The second kappa shape index (κ2) is 9.37. The number of aryl methyl sites for hydroxylation is 1. The molecule has 0 aliphatic rings. The van der Waals surface area contributed by atoms with Crippen LogP contribution in [0.25, 0.3) is 0 Å². The molecule has 1 amide bonds. The van der Waals surface area contributed by atoms with Gasteiger partial charge in [-0.15, -0.1) is 0 Å². The lowest BCUT2D eigenvalue weighted by Gasteiger charge is -2.13. The summed E-state index contributed by atoms with van der Waals surface area (Å²) in [6, 6.07) is 11.0. The van der Waals surface area contributed by atoms with Crippen LogP contribution in [0.15, 0.2) is 41.3 Å². The monoisotopic (exact) mass is 424 g/mol. The van der Waals surface area contributed by atoms with Crippen molar-refractivity contribution < 1.29 is 4.79 Å². The van der Waals surface area contributed by atoms with Gasteiger partial charge in [0.2, 0.25) is 5.91 Å². The molecule has 0 aliphatic heterocycles. The quantitative estimate of drug-likeness (QED) is 0.627. The van der Waals surface area contributed by atoms with Crippen molar-refractivity contribution in [3.8, 4) is 6.07 Å². The molecule has 0 saturated heterocycles. The molecule has 8 nitrogen and oxygen atoms in total. The fraction of sp³-hybridized carbons (Fsp3) is 0.286. The van der Waals surface area contributed by atoms with E-state index in [-0.39, 0.29) is 12.1 Å². The summed E-state index contributed by atoms with van der Waals surface area (Å²) < 4.78 is 2.65. The Balaban J connectivity index is 1.81. The van der Waals surface area contributed by atoms with Crippen molar-refractivity contribution in [1.29, 1.82) is 5.26 Å². The zero-order chi connectivity index (χ0) is 21.7. The number of anilines is 1. The number of hydrogen-bond acceptors (Lipinski definition) is 5. The van der Waals surface area contributed by atoms with E-state index in [1.807, 2.05) is 38.1 Å². The van der Waals surface area contributed by atoms with E-state index in [1.54, 1.807) is 23.0 Å². The minimum Gasteiger partial charge on any atom is -0.309 e. The van der Waals surface area contributed by atoms with E-state index < -0.39 is 11.5 Å². The van der Waals surface area contributed by atoms with Crippen LogP contribution in [0.1, 0.15) is 36.2 Å². The normalized spacial score (nSPS) is 10.6. The average Bonchev–Trinajstić information content (AvgIpc) is 3.17. The Morgan fingerprint density at radius 2 is 1.97 bits per heavy atom. The number of halogens is 1. The van der Waals surface area contributed by atoms with E-state index in [0.29, 0.717) is 41.5 Å². The van der Waals surface area contributed by atoms with Gasteiger partial charge in [-0.2, -0.15) is 15.5 Å². The number of aromatic nitrogens is 4. The van der Waals surface area contributed by atoms with Gasteiger partial charge in [0.1, 0.15) is 24.0 Å². The van der Waals surface area contributed by atoms with Gasteiger partial charge in [-0.25, -0.2) is 9.36 Å². The van der Waals surface area contributed by atoms with Crippen molar-refractivity contribution in [1.82, 2.24) is 19.6 Å². The van der Waals surface area contributed by atoms with Crippen LogP contribution in [0.5, 0.6) is 0 Å². The Labute approximate surface area is 178 Å². The van der Waals surface area contributed by atoms with Gasteiger partial charge in [-0.1, -0.05) is 43.6 Å². The molecule has 3 aromatic rings. The predicted octanol–water partition coefficient (Wildman–Crippen LogP) is 2.78. The molecule has 0 atom stereocenters. The lowest BCUT2D eigenvalue weighted by Crippen LogP contribution is -2.33. The molecule has 2 aromatic heterocycles. The summed E-state index contributed by atoms with van der Waals surface area (Å²) in [5.74, 6) is 0.0232. The SMILES string of the molecule is CCc1nn(CC(=O)Nc2ccnn2Cc2ccccc2Cl)c(=O)c(C#N)c1CC. The molecule has 3 rings (SSSR count). The Morgan fingerprint density at radius 3 is 2.63 bits per heavy atom. The number of nitrogens with one attached hydrogen (secondary N) is 1. The van der Waals surface area contributed by atoms with Gasteiger partial charge in [0.05, 0.1) is 18.4 Å². The number of benzene rings is 1. The molecule has 0 unspecified atom stereocenters. The molecule has 154 valence electrons. The molecule has 30 heavy (non-hydrogen) atoms. The van der Waals surface area contributed by atoms with Crippen molar-refractivity contribution >= 4 is 23.3 Å². The number of nitrogens with zero attached hydrogens (tertiary/aromatic N) is 5. The van der Waals surface area contributed by atoms with E-state index in [9.17, 15) is 14.9 Å². The van der Waals surface area contributed by atoms with Crippen LogP contribution in [0.4, 0.5) is 5.82 Å². The van der Waals surface area contributed by atoms with Gasteiger partial charge in [0.15, 0.2) is 0 Å². The second-order valence-electron chi connectivity index (χ2n) is 6.60. The molecule has 9 heteroatoms. The summed E-state index contributed by atoms with van der Waals surface area (Å²) in [5.41, 5.74) is 1.62. The van der Waals surface area contributed by atoms with Crippen molar-refractivity contribution in [3.05, 3.63) is 74.3 Å². The van der Waals surface area contributed by atoms with Crippen LogP contribution in [0.2, 0.25) is 5.02 Å². The largest absolute Gasteiger partial charge is 0.309 e. The van der Waals surface area contributed by atoms with Crippen molar-refractivity contribution in [2.45, 2.75) is 39.8 Å². The molecule has 1 aromatic carbocycles. The highest BCUT2D eigenvalue weighted by Crippen LogP contribution is 2.18. The van der Waals surface area contributed by atoms with Gasteiger partial charge >= 0.3 is 0 Å². The minimum atomic E-state index is -0.564. The van der Waals surface area contributed by atoms with Crippen LogP contribution in [0.3, 0.4) is 0 Å². The first-order valence-electron chi connectivity index (χ1n) is 9.56. The zero-order valence-electron chi connectivity index (χ0n) is 16.7. The summed E-state index contributed by atoms with van der Waals surface area (Å²) in [6.07, 6.45) is 2.66. The van der Waals surface area contributed by atoms with Crippen LogP contribution in [-0.4, -0.2) is 25.5 Å². The fourth-order valence-electron chi connectivity index (χ4n) is 3.21. The smallest absolute Gasteiger partial charge is 0.285 e. The third-order valence-corrected chi connectivity index (χ3v) is 5.06. The number of nitriles is 1. The first kappa shape index (κ1) is 21.3. The number of amides is 1. The molecule has 0 spiro atoms. The van der Waals surface area contributed by atoms with E-state index in [1.165, 1.54) is 0 Å². The molecular weight excluding hydrogens is 404 g/mol. The lowest BCUT2D eigenvalue weighted by molar-refractivity contribution is -0.117. The summed E-state index contributed by atoms with van der Waals surface area (Å²) in [6.45, 7) is 3.84. The van der Waals surface area contributed by atoms with Crippen molar-refractivity contribution in [2.75, 3.05) is 5.32 Å². The Bertz CT molecular complexity index is 1170. The summed E-state index contributed by atoms with van der Waals surface area (Å²) in [7, 11) is 0. The molecule has 0 fully saturated rings. The molecule has 0 radical (unpaired) electrons. The Kier molecular flexibility index (Phi) is 6.65. The number of hydrogen-bond donors (Lipinski definition) is 1. The van der Waals surface area contributed by atoms with E-state index in [2.05, 4.69) is 15.5 Å². The van der Waals surface area contributed by atoms with Crippen molar-refractivity contribution in [3.63, 3.8) is 0 Å². The third-order valence-electron chi connectivity index (χ3n) is 4.70. The van der Waals surface area contributed by atoms with Crippen LogP contribution >= 0.6 is 11.6 Å². The van der Waals surface area contributed by atoms with Gasteiger partial charge in [-0.05, 0) is 30.0 Å². The number of carbonyl (C=O) groups excluding carboxylic acids is 1. The zero-order valence-corrected chi connectivity index (χ0v) is 17.5. The first-order valence-corrected chi connectivity index (χ1v) is 9.94. The third kappa shape index (κ3) is 4.42. The summed E-state index contributed by atoms with van der Waals surface area (Å²) >= 11 is 6.20. The van der Waals surface area contributed by atoms with Gasteiger partial charge < -0.3 is 5.32 Å². The highest BCUT2D eigenvalue weighted by Gasteiger charge is 2.17. The fourth-order valence-corrected chi connectivity index (χ4v) is 3.41. The molecule has 0 bridgehead atoms. The molecule has 0 aliphatic carbocycles. The van der Waals surface area contributed by atoms with Crippen molar-refractivity contribution in [2.24, 2.45) is 0 Å². The highest BCUT2D eigenvalue weighted by atomic mass is 35.5. The van der Waals surface area contributed by atoms with Gasteiger partial charge in [0.25, 0.3) is 5.56 Å². The molecule has 1 N–H and O–H groups in total. The summed E-state index contributed by atoms with van der Waals surface area (Å²) in [5, 5.41) is 21.3. The van der Waals surface area contributed by atoms with Crippen LogP contribution in [0, 0.1) is 11.3 Å². The van der Waals surface area contributed by atoms with E-state index in [0.717, 1.165) is 10.2 Å². The molecule has 0 saturated carbocycles. The summed E-state index contributed by atoms with van der Waals surface area (Å²) in [4.78, 5) is 25.2. The molecule has 2 heterocycles. The first-order chi connectivity index (χ1) is 14.5. The lowest BCUT2D eigenvalue weighted by atomic mass is 10.0. The Morgan fingerprint density at radius 1 is 1.20 bits per heavy atom. The standard InChI is InChI=1S/C21H21ClN6O2/c1-3-15-16(11-23)21(30)28(26-18(15)4-2)13-20(29)25-19-9-10-24-27(19)12-14-7-5-6-8-17(14)22/h5-10H,3-4,12-13H2,1-2H3,(H,25,29). The van der Waals surface area contributed by atoms with Crippen LogP contribution < -0.4 is 10.9 Å². The topological polar surface area (TPSA) is 106 Å². The highest BCUT2D eigenvalue weighted by molar-refractivity contribution is 6.31. The van der Waals surface area contributed by atoms with Crippen LogP contribution in [-0.2, 0) is 30.7 Å². The second-order valence-corrected chi connectivity index (χ2v) is 7.00. The molecular formula is C21H21ClN6O2. The number of carbonyl (C=O) groups is 1. The predicted molar refractivity (Wildman–Crippen MR) is 113 cm³/mol. The Hall–Kier alpha value is -3.44. The van der Waals surface area contributed by atoms with E-state index in [4.69, 9.17) is 11.6 Å². The average molecular weight is 425 g/mol. The minimum absolute atomic E-state index is 0.0425. The maximum atomic E-state index is 12.6. The van der Waals surface area contributed by atoms with Gasteiger partial charge in [0, 0.05) is 11.1 Å². The maximum Gasteiger partial charge on any atom is 0.285 e. The maximum absolute atomic E-state index is 12.6.